The number of amides is 1. The molecule has 0 radical (unpaired) electrons. The summed E-state index contributed by atoms with van der Waals surface area (Å²) in [5.74, 6) is 3.15. The van der Waals surface area contributed by atoms with Crippen LogP contribution >= 0.6 is 0 Å². The maximum Gasteiger partial charge on any atom is 0.251 e. The summed E-state index contributed by atoms with van der Waals surface area (Å²) >= 11 is 0. The minimum Gasteiger partial charge on any atom is -0.352 e. The second kappa shape index (κ2) is 8.13. The van der Waals surface area contributed by atoms with E-state index in [1.807, 2.05) is 29.8 Å². The summed E-state index contributed by atoms with van der Waals surface area (Å²) in [6.45, 7) is 3.40. The molecule has 2 N–H and O–H groups in total. The first kappa shape index (κ1) is 20.7. The van der Waals surface area contributed by atoms with Crippen LogP contribution in [0, 0.1) is 0 Å². The van der Waals surface area contributed by atoms with E-state index in [-0.39, 0.29) is 5.91 Å². The number of rotatable bonds is 6. The van der Waals surface area contributed by atoms with Gasteiger partial charge in [-0.25, -0.2) is 9.67 Å². The van der Waals surface area contributed by atoms with Crippen molar-refractivity contribution in [3.63, 3.8) is 0 Å². The van der Waals surface area contributed by atoms with Crippen molar-refractivity contribution < 1.29 is 4.79 Å². The molecule has 34 heavy (non-hydrogen) atoms. The SMILES string of the molecule is CCn1nc(-c2ccc(-c3cn(C)c(C4CC4)n3)cc2)nc1Nc1ccc2c(c1)CCNC2=O. The van der Waals surface area contributed by atoms with Gasteiger partial charge in [0.25, 0.3) is 5.91 Å². The normalized spacial score (nSPS) is 15.2. The van der Waals surface area contributed by atoms with E-state index in [1.165, 1.54) is 18.7 Å². The first-order chi connectivity index (χ1) is 16.6. The number of hydrogen-bond acceptors (Lipinski definition) is 5. The Morgan fingerprint density at radius 3 is 2.65 bits per heavy atom. The lowest BCUT2D eigenvalue weighted by atomic mass is 10.00. The number of benzene rings is 2. The maximum atomic E-state index is 12.0. The molecule has 0 bridgehead atoms. The van der Waals surface area contributed by atoms with Gasteiger partial charge in [0.1, 0.15) is 5.82 Å². The summed E-state index contributed by atoms with van der Waals surface area (Å²) in [6.07, 6.45) is 5.42. The Labute approximate surface area is 198 Å². The van der Waals surface area contributed by atoms with Crippen molar-refractivity contribution in [1.29, 1.82) is 0 Å². The van der Waals surface area contributed by atoms with Crippen LogP contribution in [0.5, 0.6) is 0 Å². The lowest BCUT2D eigenvalue weighted by Crippen LogP contribution is -2.31. The average Bonchev–Trinajstić information content (AvgIpc) is 3.50. The van der Waals surface area contributed by atoms with Crippen LogP contribution in [-0.2, 0) is 20.0 Å². The topological polar surface area (TPSA) is 89.7 Å². The van der Waals surface area contributed by atoms with Crippen LogP contribution in [0.1, 0.15) is 47.4 Å². The molecule has 0 unspecified atom stereocenters. The Morgan fingerprint density at radius 1 is 1.09 bits per heavy atom. The molecule has 2 aromatic heterocycles. The summed E-state index contributed by atoms with van der Waals surface area (Å²) in [5, 5.41) is 11.0. The number of aromatic nitrogens is 5. The molecule has 1 saturated carbocycles. The van der Waals surface area contributed by atoms with Gasteiger partial charge in [-0.3, -0.25) is 4.79 Å². The van der Waals surface area contributed by atoms with Gasteiger partial charge < -0.3 is 15.2 Å². The summed E-state index contributed by atoms with van der Waals surface area (Å²) < 4.78 is 4.01. The van der Waals surface area contributed by atoms with Crippen LogP contribution in [0.4, 0.5) is 11.6 Å². The number of fused-ring (bicyclic) bond motifs is 1. The van der Waals surface area contributed by atoms with Crippen LogP contribution in [0.15, 0.2) is 48.7 Å². The number of imidazole rings is 1. The molecular formula is C26H27N7O. The van der Waals surface area contributed by atoms with E-state index in [0.29, 0.717) is 30.8 Å². The van der Waals surface area contributed by atoms with Gasteiger partial charge in [-0.15, -0.1) is 5.10 Å². The monoisotopic (exact) mass is 453 g/mol. The largest absolute Gasteiger partial charge is 0.352 e. The molecule has 1 fully saturated rings. The molecule has 8 nitrogen and oxygen atoms in total. The highest BCUT2D eigenvalue weighted by molar-refractivity contribution is 5.97. The van der Waals surface area contributed by atoms with Crippen molar-refractivity contribution in [2.45, 2.75) is 38.6 Å². The second-order valence-electron chi connectivity index (χ2n) is 9.02. The molecule has 0 saturated heterocycles. The minimum absolute atomic E-state index is 0.00951. The van der Waals surface area contributed by atoms with Gasteiger partial charge in [0.2, 0.25) is 5.95 Å². The fraction of sp³-hybridized carbons (Fsp3) is 0.308. The molecule has 3 heterocycles. The summed E-state index contributed by atoms with van der Waals surface area (Å²) in [5.41, 5.74) is 5.75. The molecule has 4 aromatic rings. The van der Waals surface area contributed by atoms with Crippen molar-refractivity contribution in [3.05, 3.63) is 65.6 Å². The van der Waals surface area contributed by atoms with Crippen LogP contribution in [0.3, 0.4) is 0 Å². The van der Waals surface area contributed by atoms with Gasteiger partial charge in [-0.1, -0.05) is 24.3 Å². The van der Waals surface area contributed by atoms with E-state index < -0.39 is 0 Å². The van der Waals surface area contributed by atoms with Crippen molar-refractivity contribution in [3.8, 4) is 22.6 Å². The van der Waals surface area contributed by atoms with E-state index in [2.05, 4.69) is 52.7 Å². The van der Waals surface area contributed by atoms with Crippen molar-refractivity contribution in [1.82, 2.24) is 29.6 Å². The smallest absolute Gasteiger partial charge is 0.251 e. The van der Waals surface area contributed by atoms with Gasteiger partial charge in [0.15, 0.2) is 5.82 Å². The molecular weight excluding hydrogens is 426 g/mol. The molecule has 6 rings (SSSR count). The molecule has 0 atom stereocenters. The maximum absolute atomic E-state index is 12.0. The first-order valence-corrected chi connectivity index (χ1v) is 11.9. The summed E-state index contributed by atoms with van der Waals surface area (Å²) in [7, 11) is 2.08. The van der Waals surface area contributed by atoms with Gasteiger partial charge in [0.05, 0.1) is 5.69 Å². The zero-order valence-corrected chi connectivity index (χ0v) is 19.4. The third-order valence-electron chi connectivity index (χ3n) is 6.55. The van der Waals surface area contributed by atoms with E-state index >= 15 is 0 Å². The average molecular weight is 454 g/mol. The minimum atomic E-state index is -0.00951. The molecule has 1 aliphatic carbocycles. The summed E-state index contributed by atoms with van der Waals surface area (Å²) in [6, 6.07) is 14.1. The second-order valence-corrected chi connectivity index (χ2v) is 9.02. The number of carbonyl (C=O) groups excluding carboxylic acids is 1. The number of anilines is 2. The zero-order chi connectivity index (χ0) is 23.2. The Bertz CT molecular complexity index is 1380. The van der Waals surface area contributed by atoms with Gasteiger partial charge in [-0.05, 0) is 49.9 Å². The number of nitrogens with one attached hydrogen (secondary N) is 2. The van der Waals surface area contributed by atoms with E-state index in [0.717, 1.165) is 40.1 Å². The lowest BCUT2D eigenvalue weighted by Gasteiger charge is -2.17. The molecule has 1 aliphatic heterocycles. The standard InChI is InChI=1S/C26H27N7O/c1-3-33-26(28-20-10-11-21-19(14-20)12-13-27-25(21)34)30-23(31-33)17-6-4-16(5-7-17)22-15-32(2)24(29-22)18-8-9-18/h4-7,10-11,14-15,18H,3,8-9,12-13H2,1-2H3,(H,27,34)(H,28,30,31). The molecule has 8 heteroatoms. The number of carbonyl (C=O) groups is 1. The highest BCUT2D eigenvalue weighted by atomic mass is 16.1. The predicted molar refractivity (Wildman–Crippen MR) is 131 cm³/mol. The van der Waals surface area contributed by atoms with E-state index in [4.69, 9.17) is 15.1 Å². The third-order valence-corrected chi connectivity index (χ3v) is 6.55. The molecule has 1 amide bonds. The van der Waals surface area contributed by atoms with Crippen LogP contribution in [0.25, 0.3) is 22.6 Å². The van der Waals surface area contributed by atoms with Crippen LogP contribution in [0.2, 0.25) is 0 Å². The number of aryl methyl sites for hydroxylation is 2. The molecule has 172 valence electrons. The number of hydrogen-bond donors (Lipinski definition) is 2. The Morgan fingerprint density at radius 2 is 1.88 bits per heavy atom. The Balaban J connectivity index is 1.24. The highest BCUT2D eigenvalue weighted by Crippen LogP contribution is 2.40. The predicted octanol–water partition coefficient (Wildman–Crippen LogP) is 4.27. The van der Waals surface area contributed by atoms with Crippen molar-refractivity contribution in [2.75, 3.05) is 11.9 Å². The zero-order valence-electron chi connectivity index (χ0n) is 19.4. The van der Waals surface area contributed by atoms with Gasteiger partial charge >= 0.3 is 0 Å². The lowest BCUT2D eigenvalue weighted by molar-refractivity contribution is 0.0946. The quantitative estimate of drug-likeness (QED) is 0.455. The fourth-order valence-electron chi connectivity index (χ4n) is 4.54. The Kier molecular flexibility index (Phi) is 4.94. The van der Waals surface area contributed by atoms with Gasteiger partial charge in [0, 0.05) is 54.6 Å². The molecule has 2 aromatic carbocycles. The van der Waals surface area contributed by atoms with Crippen LogP contribution < -0.4 is 10.6 Å². The van der Waals surface area contributed by atoms with E-state index in [9.17, 15) is 4.79 Å². The Hall–Kier alpha value is -3.94. The summed E-state index contributed by atoms with van der Waals surface area (Å²) in [4.78, 5) is 21.6. The molecule has 2 aliphatic rings. The van der Waals surface area contributed by atoms with Crippen molar-refractivity contribution in [2.24, 2.45) is 7.05 Å². The van der Waals surface area contributed by atoms with Crippen molar-refractivity contribution >= 4 is 17.5 Å². The highest BCUT2D eigenvalue weighted by Gasteiger charge is 2.28. The molecule has 0 spiro atoms. The van der Waals surface area contributed by atoms with E-state index in [1.54, 1.807) is 0 Å². The van der Waals surface area contributed by atoms with Gasteiger partial charge in [-0.2, -0.15) is 4.98 Å². The van der Waals surface area contributed by atoms with Crippen LogP contribution in [-0.4, -0.2) is 36.8 Å². The first-order valence-electron chi connectivity index (χ1n) is 11.9. The number of nitrogens with zero attached hydrogens (tertiary/aromatic N) is 5. The third kappa shape index (κ3) is 3.75. The fourth-order valence-corrected chi connectivity index (χ4v) is 4.54.